The maximum atomic E-state index is 11.7. The second kappa shape index (κ2) is 7.70. The van der Waals surface area contributed by atoms with Crippen LogP contribution >= 0.6 is 0 Å². The summed E-state index contributed by atoms with van der Waals surface area (Å²) in [5.74, 6) is -1.01. The number of hydrogen-bond acceptors (Lipinski definition) is 7. The summed E-state index contributed by atoms with van der Waals surface area (Å²) in [5.41, 5.74) is 2.88. The van der Waals surface area contributed by atoms with Gasteiger partial charge in [-0.3, -0.25) is 10.1 Å². The summed E-state index contributed by atoms with van der Waals surface area (Å²) in [7, 11) is 0. The number of carboxylic acid groups (broad SMARTS) is 1. The third-order valence-electron chi connectivity index (χ3n) is 4.05. The molecule has 0 spiro atoms. The number of aromatic carboxylic acids is 1. The van der Waals surface area contributed by atoms with Crippen LogP contribution < -0.4 is 10.6 Å². The summed E-state index contributed by atoms with van der Waals surface area (Å²) < 4.78 is 0. The van der Waals surface area contributed by atoms with Crippen molar-refractivity contribution in [2.24, 2.45) is 0 Å². The highest BCUT2D eigenvalue weighted by molar-refractivity contribution is 5.88. The number of rotatable bonds is 6. The van der Waals surface area contributed by atoms with E-state index in [0.29, 0.717) is 11.4 Å². The zero-order chi connectivity index (χ0) is 20.3. The third-order valence-corrected chi connectivity index (χ3v) is 4.05. The van der Waals surface area contributed by atoms with Gasteiger partial charge in [0.2, 0.25) is 11.6 Å². The first-order valence-electron chi connectivity index (χ1n) is 8.29. The van der Waals surface area contributed by atoms with Crippen LogP contribution in [0.1, 0.15) is 21.5 Å². The van der Waals surface area contributed by atoms with Gasteiger partial charge in [0.1, 0.15) is 6.33 Å². The van der Waals surface area contributed by atoms with Gasteiger partial charge in [-0.05, 0) is 55.3 Å². The van der Waals surface area contributed by atoms with Crippen molar-refractivity contribution < 1.29 is 14.8 Å². The lowest BCUT2D eigenvalue weighted by Crippen LogP contribution is -2.06. The van der Waals surface area contributed by atoms with Crippen LogP contribution in [0.4, 0.5) is 28.7 Å². The number of carbonyl (C=O) groups is 1. The highest BCUT2D eigenvalue weighted by Crippen LogP contribution is 2.33. The molecule has 0 aliphatic heterocycles. The monoisotopic (exact) mass is 379 g/mol. The average Bonchev–Trinajstić information content (AvgIpc) is 2.65. The van der Waals surface area contributed by atoms with E-state index >= 15 is 0 Å². The second-order valence-electron chi connectivity index (χ2n) is 6.13. The predicted octanol–water partition coefficient (Wildman–Crippen LogP) is 4.19. The SMILES string of the molecule is Cc1ccc(C)c(Nc2ncnc(Nc3ccc(C(=O)O)cc3)c2[N+](=O)[O-])c1. The first-order chi connectivity index (χ1) is 13.3. The molecule has 0 aliphatic rings. The quantitative estimate of drug-likeness (QED) is 0.429. The number of benzene rings is 2. The van der Waals surface area contributed by atoms with Crippen molar-refractivity contribution in [1.82, 2.24) is 9.97 Å². The Balaban J connectivity index is 1.96. The fraction of sp³-hybridized carbons (Fsp3) is 0.105. The van der Waals surface area contributed by atoms with Crippen LogP contribution in [0, 0.1) is 24.0 Å². The van der Waals surface area contributed by atoms with Gasteiger partial charge in [0.25, 0.3) is 0 Å². The van der Waals surface area contributed by atoms with Gasteiger partial charge >= 0.3 is 11.7 Å². The van der Waals surface area contributed by atoms with Crippen molar-refractivity contribution in [2.75, 3.05) is 10.6 Å². The number of nitrogens with one attached hydrogen (secondary N) is 2. The minimum Gasteiger partial charge on any atom is -0.478 e. The largest absolute Gasteiger partial charge is 0.478 e. The van der Waals surface area contributed by atoms with E-state index in [1.807, 2.05) is 32.0 Å². The molecule has 1 heterocycles. The fourth-order valence-electron chi connectivity index (χ4n) is 2.57. The number of carboxylic acids is 1. The molecule has 0 unspecified atom stereocenters. The fourth-order valence-corrected chi connectivity index (χ4v) is 2.57. The Labute approximate surface area is 160 Å². The highest BCUT2D eigenvalue weighted by Gasteiger charge is 2.23. The molecule has 3 aromatic rings. The minimum atomic E-state index is -1.06. The van der Waals surface area contributed by atoms with E-state index in [1.165, 1.54) is 30.6 Å². The van der Waals surface area contributed by atoms with E-state index in [1.54, 1.807) is 0 Å². The summed E-state index contributed by atoms with van der Waals surface area (Å²) in [6.45, 7) is 3.81. The Bertz CT molecular complexity index is 1050. The van der Waals surface area contributed by atoms with E-state index in [-0.39, 0.29) is 22.9 Å². The number of aryl methyl sites for hydroxylation is 2. The molecular formula is C19H17N5O4. The van der Waals surface area contributed by atoms with Gasteiger partial charge in [-0.15, -0.1) is 0 Å². The summed E-state index contributed by atoms with van der Waals surface area (Å²) >= 11 is 0. The van der Waals surface area contributed by atoms with Crippen molar-refractivity contribution in [3.8, 4) is 0 Å². The Hall–Kier alpha value is -4.01. The molecule has 0 aliphatic carbocycles. The Morgan fingerprint density at radius 3 is 2.29 bits per heavy atom. The van der Waals surface area contributed by atoms with E-state index in [4.69, 9.17) is 5.11 Å². The standard InChI is InChI=1S/C19H17N5O4/c1-11-3-4-12(2)15(9-11)23-18-16(24(27)28)17(20-10-21-18)22-14-7-5-13(6-8-14)19(25)26/h3-10H,1-2H3,(H,25,26)(H2,20,21,22,23). The first-order valence-corrected chi connectivity index (χ1v) is 8.29. The Kier molecular flexibility index (Phi) is 5.16. The Morgan fingerprint density at radius 1 is 1.04 bits per heavy atom. The van der Waals surface area contributed by atoms with E-state index < -0.39 is 10.9 Å². The molecule has 3 rings (SSSR count). The highest BCUT2D eigenvalue weighted by atomic mass is 16.6. The molecule has 1 aromatic heterocycles. The van der Waals surface area contributed by atoms with Crippen LogP contribution in [0.25, 0.3) is 0 Å². The number of aromatic nitrogens is 2. The summed E-state index contributed by atoms with van der Waals surface area (Å²) in [6.07, 6.45) is 1.22. The summed E-state index contributed by atoms with van der Waals surface area (Å²) in [4.78, 5) is 30.1. The number of anilines is 4. The third kappa shape index (κ3) is 4.04. The molecule has 0 fully saturated rings. The lowest BCUT2D eigenvalue weighted by Gasteiger charge is -2.12. The molecule has 3 N–H and O–H groups in total. The van der Waals surface area contributed by atoms with Crippen LogP contribution in [0.3, 0.4) is 0 Å². The van der Waals surface area contributed by atoms with Crippen LogP contribution in [0.15, 0.2) is 48.8 Å². The van der Waals surface area contributed by atoms with Gasteiger partial charge in [0.15, 0.2) is 0 Å². The normalized spacial score (nSPS) is 10.4. The molecule has 142 valence electrons. The van der Waals surface area contributed by atoms with E-state index in [2.05, 4.69) is 20.6 Å². The van der Waals surface area contributed by atoms with Crippen LogP contribution in [0.5, 0.6) is 0 Å². The molecule has 0 atom stereocenters. The first kappa shape index (κ1) is 18.8. The van der Waals surface area contributed by atoms with Crippen molar-refractivity contribution in [2.45, 2.75) is 13.8 Å². The molecule has 2 aromatic carbocycles. The van der Waals surface area contributed by atoms with Crippen molar-refractivity contribution in [3.05, 3.63) is 75.6 Å². The van der Waals surface area contributed by atoms with Gasteiger partial charge in [-0.1, -0.05) is 12.1 Å². The van der Waals surface area contributed by atoms with Gasteiger partial charge < -0.3 is 15.7 Å². The minimum absolute atomic E-state index is 0.00381. The summed E-state index contributed by atoms with van der Waals surface area (Å²) in [5, 5.41) is 26.5. The molecule has 9 nitrogen and oxygen atoms in total. The molecule has 0 bridgehead atoms. The van der Waals surface area contributed by atoms with E-state index in [9.17, 15) is 14.9 Å². The maximum Gasteiger partial charge on any atom is 0.353 e. The van der Waals surface area contributed by atoms with Crippen molar-refractivity contribution in [3.63, 3.8) is 0 Å². The molecule has 28 heavy (non-hydrogen) atoms. The molecule has 0 radical (unpaired) electrons. The average molecular weight is 379 g/mol. The van der Waals surface area contributed by atoms with Gasteiger partial charge in [0.05, 0.1) is 10.5 Å². The van der Waals surface area contributed by atoms with Crippen molar-refractivity contribution >= 4 is 34.7 Å². The lowest BCUT2D eigenvalue weighted by atomic mass is 10.1. The molecule has 0 saturated heterocycles. The van der Waals surface area contributed by atoms with E-state index in [0.717, 1.165) is 11.1 Å². The molecule has 0 saturated carbocycles. The number of nitrogens with zero attached hydrogens (tertiary/aromatic N) is 3. The van der Waals surface area contributed by atoms with Gasteiger partial charge in [-0.2, -0.15) is 0 Å². The van der Waals surface area contributed by atoms with Gasteiger partial charge in [-0.25, -0.2) is 14.8 Å². The number of nitro groups is 1. The maximum absolute atomic E-state index is 11.7. The lowest BCUT2D eigenvalue weighted by molar-refractivity contribution is -0.383. The van der Waals surface area contributed by atoms with Gasteiger partial charge in [0, 0.05) is 11.4 Å². The Morgan fingerprint density at radius 2 is 1.68 bits per heavy atom. The van der Waals surface area contributed by atoms with Crippen LogP contribution in [-0.2, 0) is 0 Å². The van der Waals surface area contributed by atoms with Crippen molar-refractivity contribution in [1.29, 1.82) is 0 Å². The molecule has 0 amide bonds. The zero-order valence-corrected chi connectivity index (χ0v) is 15.1. The molecular weight excluding hydrogens is 362 g/mol. The van der Waals surface area contributed by atoms with Crippen LogP contribution in [-0.4, -0.2) is 26.0 Å². The smallest absolute Gasteiger partial charge is 0.353 e. The molecule has 9 heteroatoms. The van der Waals surface area contributed by atoms with Crippen LogP contribution in [0.2, 0.25) is 0 Å². The number of hydrogen-bond donors (Lipinski definition) is 3. The topological polar surface area (TPSA) is 130 Å². The zero-order valence-electron chi connectivity index (χ0n) is 15.1. The predicted molar refractivity (Wildman–Crippen MR) is 105 cm³/mol. The second-order valence-corrected chi connectivity index (χ2v) is 6.13. The summed E-state index contributed by atoms with van der Waals surface area (Å²) in [6, 6.07) is 11.5.